The van der Waals surface area contributed by atoms with Crippen molar-refractivity contribution in [1.82, 2.24) is 0 Å². The fourth-order valence-corrected chi connectivity index (χ4v) is 1.35. The number of carbonyl (C=O) groups excluding carboxylic acids is 1. The van der Waals surface area contributed by atoms with Gasteiger partial charge >= 0.3 is 5.92 Å². The monoisotopic (exact) mass is 248 g/mol. The van der Waals surface area contributed by atoms with Crippen LogP contribution in [-0.4, -0.2) is 12.4 Å². The van der Waals surface area contributed by atoms with E-state index in [1.54, 1.807) is 13.8 Å². The molecule has 0 radical (unpaired) electrons. The van der Waals surface area contributed by atoms with E-state index in [0.29, 0.717) is 5.75 Å². The van der Waals surface area contributed by atoms with Gasteiger partial charge in [0.15, 0.2) is 6.29 Å². The van der Waals surface area contributed by atoms with Gasteiger partial charge in [-0.1, -0.05) is 11.6 Å². The van der Waals surface area contributed by atoms with Gasteiger partial charge in [-0.05, 0) is 32.0 Å². The van der Waals surface area contributed by atoms with Gasteiger partial charge in [-0.15, -0.1) is 0 Å². The van der Waals surface area contributed by atoms with Crippen LogP contribution in [0.5, 0.6) is 5.75 Å². The summed E-state index contributed by atoms with van der Waals surface area (Å²) in [5.74, 6) is -3.19. The smallest absolute Gasteiger partial charge is 0.327 e. The van der Waals surface area contributed by atoms with Gasteiger partial charge in [0.05, 0.1) is 11.1 Å². The van der Waals surface area contributed by atoms with Gasteiger partial charge in [-0.3, -0.25) is 4.79 Å². The number of benzene rings is 1. The van der Waals surface area contributed by atoms with Crippen LogP contribution in [0.15, 0.2) is 18.2 Å². The van der Waals surface area contributed by atoms with Crippen LogP contribution < -0.4 is 4.74 Å². The van der Waals surface area contributed by atoms with E-state index in [0.717, 1.165) is 12.1 Å². The molecule has 0 saturated heterocycles. The van der Waals surface area contributed by atoms with Crippen molar-refractivity contribution < 1.29 is 18.3 Å². The second-order valence-corrected chi connectivity index (χ2v) is 3.96. The third-order valence-electron chi connectivity index (χ3n) is 1.83. The highest BCUT2D eigenvalue weighted by atomic mass is 35.5. The molecular formula is C11H11ClF2O2. The van der Waals surface area contributed by atoms with Crippen LogP contribution in [0.4, 0.5) is 8.78 Å². The molecule has 16 heavy (non-hydrogen) atoms. The Kier molecular flexibility index (Phi) is 3.86. The van der Waals surface area contributed by atoms with Gasteiger partial charge in [0.25, 0.3) is 0 Å². The number of hydrogen-bond acceptors (Lipinski definition) is 2. The lowest BCUT2D eigenvalue weighted by molar-refractivity contribution is -0.130. The molecule has 0 aliphatic carbocycles. The fraction of sp³-hybridized carbons (Fsp3) is 0.364. The highest BCUT2D eigenvalue weighted by Gasteiger charge is 2.31. The molecule has 0 aliphatic rings. The van der Waals surface area contributed by atoms with Crippen molar-refractivity contribution in [1.29, 1.82) is 0 Å². The van der Waals surface area contributed by atoms with Gasteiger partial charge in [0, 0.05) is 5.56 Å². The normalized spacial score (nSPS) is 11.6. The second kappa shape index (κ2) is 4.78. The molecular weight excluding hydrogens is 238 g/mol. The standard InChI is InChI=1S/C11H11ClF2O2/c1-7(2)16-10-4-3-8(5-9(10)12)11(13,14)6-15/h3-7H,1-2H3. The zero-order valence-corrected chi connectivity index (χ0v) is 9.59. The molecule has 5 heteroatoms. The summed E-state index contributed by atoms with van der Waals surface area (Å²) < 4.78 is 31.3. The zero-order valence-electron chi connectivity index (χ0n) is 8.84. The summed E-state index contributed by atoms with van der Waals surface area (Å²) in [6, 6.07) is 3.49. The maximum Gasteiger partial charge on any atom is 0.327 e. The van der Waals surface area contributed by atoms with Crippen molar-refractivity contribution >= 4 is 17.9 Å². The molecule has 0 aliphatic heterocycles. The van der Waals surface area contributed by atoms with E-state index in [1.165, 1.54) is 6.07 Å². The quantitative estimate of drug-likeness (QED) is 0.763. The largest absolute Gasteiger partial charge is 0.489 e. The first-order valence-electron chi connectivity index (χ1n) is 4.67. The zero-order chi connectivity index (χ0) is 12.3. The lowest BCUT2D eigenvalue weighted by atomic mass is 10.1. The van der Waals surface area contributed by atoms with Crippen LogP contribution in [0.3, 0.4) is 0 Å². The first-order chi connectivity index (χ1) is 7.36. The summed E-state index contributed by atoms with van der Waals surface area (Å²) in [4.78, 5) is 10.2. The SMILES string of the molecule is CC(C)Oc1ccc(C(F)(F)C=O)cc1Cl. The van der Waals surface area contributed by atoms with Crippen LogP contribution in [0.25, 0.3) is 0 Å². The van der Waals surface area contributed by atoms with Crippen LogP contribution in [0.1, 0.15) is 19.4 Å². The summed E-state index contributed by atoms with van der Waals surface area (Å²) in [6.45, 7) is 3.59. The predicted molar refractivity (Wildman–Crippen MR) is 57.2 cm³/mol. The molecule has 1 aromatic rings. The first kappa shape index (κ1) is 12.9. The van der Waals surface area contributed by atoms with Crippen LogP contribution in [-0.2, 0) is 10.7 Å². The van der Waals surface area contributed by atoms with Gasteiger partial charge in [0.1, 0.15) is 5.75 Å². The molecule has 0 bridgehead atoms. The van der Waals surface area contributed by atoms with E-state index in [1.807, 2.05) is 0 Å². The number of aldehydes is 1. The highest BCUT2D eigenvalue weighted by molar-refractivity contribution is 6.32. The molecule has 0 saturated carbocycles. The Balaban J connectivity index is 3.04. The third-order valence-corrected chi connectivity index (χ3v) is 2.12. The Morgan fingerprint density at radius 2 is 2.06 bits per heavy atom. The fourth-order valence-electron chi connectivity index (χ4n) is 1.13. The maximum atomic E-state index is 13.0. The third kappa shape index (κ3) is 2.92. The van der Waals surface area contributed by atoms with Crippen molar-refractivity contribution in [2.75, 3.05) is 0 Å². The number of carbonyl (C=O) groups is 1. The summed E-state index contributed by atoms with van der Waals surface area (Å²) in [7, 11) is 0. The van der Waals surface area contributed by atoms with Crippen molar-refractivity contribution in [3.8, 4) is 5.75 Å². The number of ether oxygens (including phenoxy) is 1. The summed E-state index contributed by atoms with van der Waals surface area (Å²) >= 11 is 5.76. The molecule has 0 heterocycles. The molecule has 0 fully saturated rings. The molecule has 1 rings (SSSR count). The van der Waals surface area contributed by atoms with Gasteiger partial charge < -0.3 is 4.74 Å². The van der Waals surface area contributed by atoms with E-state index >= 15 is 0 Å². The van der Waals surface area contributed by atoms with Crippen molar-refractivity contribution in [2.45, 2.75) is 25.9 Å². The number of hydrogen-bond donors (Lipinski definition) is 0. The van der Waals surface area contributed by atoms with Crippen molar-refractivity contribution in [3.63, 3.8) is 0 Å². The molecule has 1 aromatic carbocycles. The van der Waals surface area contributed by atoms with E-state index < -0.39 is 17.8 Å². The Labute approximate surface area is 97.2 Å². The summed E-state index contributed by atoms with van der Waals surface area (Å²) in [6.07, 6.45) is -0.517. The molecule has 0 spiro atoms. The van der Waals surface area contributed by atoms with E-state index in [2.05, 4.69) is 0 Å². The van der Waals surface area contributed by atoms with Gasteiger partial charge in [0.2, 0.25) is 0 Å². The Morgan fingerprint density at radius 1 is 1.44 bits per heavy atom. The molecule has 0 aromatic heterocycles. The van der Waals surface area contributed by atoms with E-state index in [9.17, 15) is 13.6 Å². The minimum Gasteiger partial charge on any atom is -0.489 e. The molecule has 0 N–H and O–H groups in total. The van der Waals surface area contributed by atoms with Crippen LogP contribution >= 0.6 is 11.6 Å². The van der Waals surface area contributed by atoms with Crippen molar-refractivity contribution in [3.05, 3.63) is 28.8 Å². The molecule has 0 unspecified atom stereocenters. The Morgan fingerprint density at radius 3 is 2.50 bits per heavy atom. The Bertz CT molecular complexity index is 392. The molecule has 2 nitrogen and oxygen atoms in total. The topological polar surface area (TPSA) is 26.3 Å². The number of halogens is 3. The number of alkyl halides is 2. The molecule has 88 valence electrons. The summed E-state index contributed by atoms with van der Waals surface area (Å²) in [5, 5.41) is 0.0627. The minimum absolute atomic E-state index is 0.0627. The first-order valence-corrected chi connectivity index (χ1v) is 5.05. The van der Waals surface area contributed by atoms with Gasteiger partial charge in [-0.2, -0.15) is 8.78 Å². The number of rotatable bonds is 4. The Hall–Kier alpha value is -1.16. The molecule has 0 atom stereocenters. The second-order valence-electron chi connectivity index (χ2n) is 3.55. The lowest BCUT2D eigenvalue weighted by Crippen LogP contribution is -2.15. The van der Waals surface area contributed by atoms with E-state index in [-0.39, 0.29) is 11.1 Å². The maximum absolute atomic E-state index is 13.0. The van der Waals surface area contributed by atoms with Crippen LogP contribution in [0.2, 0.25) is 5.02 Å². The van der Waals surface area contributed by atoms with E-state index in [4.69, 9.17) is 16.3 Å². The molecule has 0 amide bonds. The predicted octanol–water partition coefficient (Wildman–Crippen LogP) is 3.42. The highest BCUT2D eigenvalue weighted by Crippen LogP contribution is 2.32. The van der Waals surface area contributed by atoms with Crippen molar-refractivity contribution in [2.24, 2.45) is 0 Å². The van der Waals surface area contributed by atoms with Gasteiger partial charge in [-0.25, -0.2) is 0 Å². The lowest BCUT2D eigenvalue weighted by Gasteiger charge is -2.14. The van der Waals surface area contributed by atoms with Crippen LogP contribution in [0, 0.1) is 0 Å². The average molecular weight is 249 g/mol. The minimum atomic E-state index is -3.51. The summed E-state index contributed by atoms with van der Waals surface area (Å²) in [5.41, 5.74) is -0.441. The average Bonchev–Trinajstić information content (AvgIpc) is 2.20.